The number of benzene rings is 2. The normalized spacial score (nSPS) is 19.4. The Balaban J connectivity index is 1.78. The van der Waals surface area contributed by atoms with Gasteiger partial charge in [0, 0.05) is 32.5 Å². The van der Waals surface area contributed by atoms with Crippen molar-refractivity contribution in [1.29, 1.82) is 0 Å². The second-order valence-corrected chi connectivity index (χ2v) is 11.9. The second kappa shape index (κ2) is 14.0. The molecule has 0 unspecified atom stereocenters. The third-order valence-electron chi connectivity index (χ3n) is 6.45. The van der Waals surface area contributed by atoms with Crippen molar-refractivity contribution in [1.82, 2.24) is 4.31 Å². The molecule has 0 spiro atoms. The molecular formula is C28H39NO8S. The van der Waals surface area contributed by atoms with Gasteiger partial charge in [0.05, 0.1) is 31.1 Å². The molecule has 1 N–H and O–H groups in total. The summed E-state index contributed by atoms with van der Waals surface area (Å²) < 4.78 is 49.7. The molecule has 0 radical (unpaired) electrons. The van der Waals surface area contributed by atoms with Gasteiger partial charge in [-0.05, 0) is 42.2 Å². The van der Waals surface area contributed by atoms with Crippen molar-refractivity contribution < 1.29 is 37.3 Å². The van der Waals surface area contributed by atoms with Gasteiger partial charge >= 0.3 is 5.97 Å². The highest BCUT2D eigenvalue weighted by Gasteiger charge is 2.33. The predicted octanol–water partition coefficient (Wildman–Crippen LogP) is 3.26. The molecule has 9 nitrogen and oxygen atoms in total. The van der Waals surface area contributed by atoms with Crippen LogP contribution in [0.2, 0.25) is 0 Å². The van der Waals surface area contributed by atoms with Crippen molar-refractivity contribution in [3.05, 3.63) is 60.2 Å². The summed E-state index contributed by atoms with van der Waals surface area (Å²) in [5, 5.41) is 11.4. The Bertz CT molecular complexity index is 1110. The van der Waals surface area contributed by atoms with Crippen LogP contribution in [-0.2, 0) is 35.4 Å². The SMILES string of the molecule is COc1ccc(S(=O)(=O)N(CC(C)C)C[C@@H](O)[C@@H](CC(=O)O[C@H]2CO[C@@H](OC)C2)Cc2ccccc2)cc1. The molecule has 1 fully saturated rings. The minimum absolute atomic E-state index is 0.0175. The highest BCUT2D eigenvalue weighted by molar-refractivity contribution is 7.89. The van der Waals surface area contributed by atoms with E-state index in [0.29, 0.717) is 18.6 Å². The summed E-state index contributed by atoms with van der Waals surface area (Å²) in [6.07, 6.45) is -1.18. The molecule has 10 heteroatoms. The second-order valence-electron chi connectivity index (χ2n) is 9.96. The van der Waals surface area contributed by atoms with Crippen LogP contribution in [0.25, 0.3) is 0 Å². The number of rotatable bonds is 14. The highest BCUT2D eigenvalue weighted by Crippen LogP contribution is 2.25. The summed E-state index contributed by atoms with van der Waals surface area (Å²) in [4.78, 5) is 13.0. The molecule has 2 aromatic carbocycles. The average molecular weight is 550 g/mol. The lowest BCUT2D eigenvalue weighted by Crippen LogP contribution is -2.43. The molecule has 0 aliphatic carbocycles. The van der Waals surface area contributed by atoms with Crippen molar-refractivity contribution in [3.63, 3.8) is 0 Å². The van der Waals surface area contributed by atoms with E-state index in [1.54, 1.807) is 12.1 Å². The molecule has 0 aromatic heterocycles. The number of hydrogen-bond donors (Lipinski definition) is 1. The van der Waals surface area contributed by atoms with E-state index in [0.717, 1.165) is 5.56 Å². The van der Waals surface area contributed by atoms with Crippen LogP contribution in [0.1, 0.15) is 32.3 Å². The zero-order chi connectivity index (χ0) is 27.7. The summed E-state index contributed by atoms with van der Waals surface area (Å²) >= 11 is 0. The van der Waals surface area contributed by atoms with Crippen LogP contribution < -0.4 is 4.74 Å². The van der Waals surface area contributed by atoms with Crippen LogP contribution in [0.4, 0.5) is 0 Å². The zero-order valence-corrected chi connectivity index (χ0v) is 23.3. The fourth-order valence-corrected chi connectivity index (χ4v) is 6.08. The quantitative estimate of drug-likeness (QED) is 0.358. The van der Waals surface area contributed by atoms with Gasteiger partial charge in [0.25, 0.3) is 0 Å². The van der Waals surface area contributed by atoms with Crippen LogP contribution in [0.5, 0.6) is 5.75 Å². The Hall–Kier alpha value is -2.50. The Kier molecular flexibility index (Phi) is 11.1. The summed E-state index contributed by atoms with van der Waals surface area (Å²) in [5.74, 6) is -0.468. The number of hydrogen-bond acceptors (Lipinski definition) is 8. The maximum absolute atomic E-state index is 13.6. The Morgan fingerprint density at radius 1 is 1.08 bits per heavy atom. The van der Waals surface area contributed by atoms with E-state index in [9.17, 15) is 18.3 Å². The van der Waals surface area contributed by atoms with Gasteiger partial charge in [-0.3, -0.25) is 4.79 Å². The van der Waals surface area contributed by atoms with Gasteiger partial charge in [0.1, 0.15) is 11.9 Å². The molecule has 3 rings (SSSR count). The molecule has 0 saturated carbocycles. The summed E-state index contributed by atoms with van der Waals surface area (Å²) in [5.41, 5.74) is 0.932. The molecular weight excluding hydrogens is 510 g/mol. The number of carbonyl (C=O) groups is 1. The average Bonchev–Trinajstić information content (AvgIpc) is 3.35. The molecule has 210 valence electrons. The van der Waals surface area contributed by atoms with Gasteiger partial charge in [-0.15, -0.1) is 0 Å². The summed E-state index contributed by atoms with van der Waals surface area (Å²) in [6, 6.07) is 15.7. The van der Waals surface area contributed by atoms with E-state index in [4.69, 9.17) is 18.9 Å². The number of ether oxygens (including phenoxy) is 4. The minimum atomic E-state index is -3.91. The van der Waals surface area contributed by atoms with Crippen molar-refractivity contribution >= 4 is 16.0 Å². The minimum Gasteiger partial charge on any atom is -0.497 e. The van der Waals surface area contributed by atoms with Crippen LogP contribution in [-0.4, -0.2) is 76.2 Å². The van der Waals surface area contributed by atoms with Gasteiger partial charge in [-0.25, -0.2) is 8.42 Å². The highest BCUT2D eigenvalue weighted by atomic mass is 32.2. The van der Waals surface area contributed by atoms with Crippen molar-refractivity contribution in [2.45, 2.75) is 56.5 Å². The predicted molar refractivity (Wildman–Crippen MR) is 142 cm³/mol. The molecule has 4 atom stereocenters. The van der Waals surface area contributed by atoms with Gasteiger partial charge in [-0.2, -0.15) is 4.31 Å². The summed E-state index contributed by atoms with van der Waals surface area (Å²) in [7, 11) is -0.863. The molecule has 2 aromatic rings. The number of aliphatic hydroxyl groups is 1. The first kappa shape index (κ1) is 30.0. The number of esters is 1. The number of methoxy groups -OCH3 is 2. The number of aliphatic hydroxyl groups excluding tert-OH is 1. The van der Waals surface area contributed by atoms with Gasteiger partial charge in [0.15, 0.2) is 6.29 Å². The van der Waals surface area contributed by atoms with E-state index in [1.165, 1.54) is 30.7 Å². The molecule has 1 saturated heterocycles. The topological polar surface area (TPSA) is 112 Å². The number of sulfonamides is 1. The van der Waals surface area contributed by atoms with E-state index in [-0.39, 0.29) is 36.9 Å². The van der Waals surface area contributed by atoms with Gasteiger partial charge in [-0.1, -0.05) is 44.2 Å². The third-order valence-corrected chi connectivity index (χ3v) is 8.30. The molecule has 0 bridgehead atoms. The van der Waals surface area contributed by atoms with Crippen molar-refractivity contribution in [3.8, 4) is 5.75 Å². The van der Waals surface area contributed by atoms with E-state index < -0.39 is 40.4 Å². The summed E-state index contributed by atoms with van der Waals surface area (Å²) in [6.45, 7) is 4.14. The Morgan fingerprint density at radius 3 is 2.34 bits per heavy atom. The van der Waals surface area contributed by atoms with Crippen LogP contribution in [0.15, 0.2) is 59.5 Å². The maximum Gasteiger partial charge on any atom is 0.306 e. The van der Waals surface area contributed by atoms with Crippen molar-refractivity contribution in [2.75, 3.05) is 33.9 Å². The number of nitrogens with zero attached hydrogens (tertiary/aromatic N) is 1. The first-order chi connectivity index (χ1) is 18.1. The lowest BCUT2D eigenvalue weighted by molar-refractivity contribution is -0.151. The van der Waals surface area contributed by atoms with Crippen LogP contribution >= 0.6 is 0 Å². The smallest absolute Gasteiger partial charge is 0.306 e. The first-order valence-corrected chi connectivity index (χ1v) is 14.3. The largest absolute Gasteiger partial charge is 0.497 e. The first-order valence-electron chi connectivity index (χ1n) is 12.8. The monoisotopic (exact) mass is 549 g/mol. The molecule has 0 amide bonds. The number of carbonyl (C=O) groups excluding carboxylic acids is 1. The lowest BCUT2D eigenvalue weighted by atomic mass is 9.90. The van der Waals surface area contributed by atoms with Crippen LogP contribution in [0.3, 0.4) is 0 Å². The molecule has 1 aliphatic heterocycles. The van der Waals surface area contributed by atoms with Gasteiger partial charge < -0.3 is 24.1 Å². The van der Waals surface area contributed by atoms with E-state index in [1.807, 2.05) is 44.2 Å². The standard InChI is InChI=1S/C28H39NO8S/c1-20(2)17-29(38(32,33)25-12-10-23(34-3)11-13-25)18-26(30)22(14-21-8-6-5-7-9-21)15-27(31)37-24-16-28(35-4)36-19-24/h5-13,20,22,24,26,28,30H,14-19H2,1-4H3/t22-,24-,26-,28-/m1/s1. The lowest BCUT2D eigenvalue weighted by Gasteiger charge is -2.30. The fourth-order valence-electron chi connectivity index (χ4n) is 4.45. The zero-order valence-electron chi connectivity index (χ0n) is 22.5. The molecule has 38 heavy (non-hydrogen) atoms. The Labute approximate surface area is 225 Å². The Morgan fingerprint density at radius 2 is 1.76 bits per heavy atom. The fraction of sp³-hybridized carbons (Fsp3) is 0.536. The van der Waals surface area contributed by atoms with Crippen molar-refractivity contribution in [2.24, 2.45) is 11.8 Å². The third kappa shape index (κ3) is 8.51. The van der Waals surface area contributed by atoms with Crippen LogP contribution in [0, 0.1) is 11.8 Å². The van der Waals surface area contributed by atoms with Gasteiger partial charge in [0.2, 0.25) is 10.0 Å². The van der Waals surface area contributed by atoms with E-state index in [2.05, 4.69) is 0 Å². The molecule has 1 aliphatic rings. The maximum atomic E-state index is 13.6. The van der Waals surface area contributed by atoms with E-state index >= 15 is 0 Å². The molecule has 1 heterocycles.